The zero-order chi connectivity index (χ0) is 26.2. The molecule has 0 spiro atoms. The molecule has 1 aromatic heterocycles. The summed E-state index contributed by atoms with van der Waals surface area (Å²) in [6, 6.07) is 19.6. The van der Waals surface area contributed by atoms with E-state index in [4.69, 9.17) is 4.74 Å². The largest absolute Gasteiger partial charge is 1.00 e. The van der Waals surface area contributed by atoms with Crippen LogP contribution in [-0.2, 0) is 11.4 Å². The number of carbonyl (C=O) groups is 1. The topological polar surface area (TPSA) is 62.2 Å². The van der Waals surface area contributed by atoms with Crippen LogP contribution in [-0.4, -0.2) is 16.7 Å². The summed E-state index contributed by atoms with van der Waals surface area (Å²) >= 11 is 1.55. The smallest absolute Gasteiger partial charge is 0.550 e. The second-order valence-electron chi connectivity index (χ2n) is 9.68. The van der Waals surface area contributed by atoms with Crippen LogP contribution in [0.5, 0.6) is 5.75 Å². The molecule has 8 heteroatoms. The fourth-order valence-electron chi connectivity index (χ4n) is 4.19. The van der Waals surface area contributed by atoms with Crippen LogP contribution in [0.4, 0.5) is 8.78 Å². The van der Waals surface area contributed by atoms with Gasteiger partial charge in [0.15, 0.2) is 11.6 Å². The number of rotatable bonds is 6. The molecule has 0 aliphatic carbocycles. The number of carboxylic acids is 1. The summed E-state index contributed by atoms with van der Waals surface area (Å²) in [7, 11) is 0. The van der Waals surface area contributed by atoms with Crippen molar-refractivity contribution in [3.63, 3.8) is 0 Å². The van der Waals surface area contributed by atoms with Crippen LogP contribution in [0.2, 0.25) is 0 Å². The maximum Gasteiger partial charge on any atom is 1.00 e. The molecule has 0 fully saturated rings. The summed E-state index contributed by atoms with van der Waals surface area (Å²) in [5.41, 5.74) is 4.00. The molecule has 1 unspecified atom stereocenters. The van der Waals surface area contributed by atoms with Gasteiger partial charge in [0.2, 0.25) is 0 Å². The Labute approximate surface area is 246 Å². The first kappa shape index (κ1) is 28.3. The average Bonchev–Trinajstić information content (AvgIpc) is 3.03. The van der Waals surface area contributed by atoms with Crippen molar-refractivity contribution in [2.75, 3.05) is 5.75 Å². The molecule has 0 saturated carbocycles. The number of benzene rings is 3. The number of hydrogen-bond acceptors (Lipinski definition) is 5. The van der Waals surface area contributed by atoms with Gasteiger partial charge >= 0.3 is 29.6 Å². The number of ether oxygens (including phenoxy) is 1. The van der Waals surface area contributed by atoms with Gasteiger partial charge in [-0.05, 0) is 47.0 Å². The molecule has 5 rings (SSSR count). The number of halogens is 2. The number of carbonyl (C=O) groups excluding carboxylic acids is 1. The minimum absolute atomic E-state index is 0. The fourth-order valence-corrected chi connectivity index (χ4v) is 5.66. The van der Waals surface area contributed by atoms with Gasteiger partial charge < -0.3 is 14.6 Å². The van der Waals surface area contributed by atoms with Gasteiger partial charge in [-0.2, -0.15) is 0 Å². The van der Waals surface area contributed by atoms with Gasteiger partial charge in [-0.25, -0.2) is 13.8 Å². The number of hydrogen-bond donors (Lipinski definition) is 0. The van der Waals surface area contributed by atoms with Gasteiger partial charge in [-0.15, -0.1) is 11.8 Å². The molecular weight excluding hydrogens is 515 g/mol. The summed E-state index contributed by atoms with van der Waals surface area (Å²) in [5.74, 6) is -1.80. The third-order valence-electron chi connectivity index (χ3n) is 6.40. The number of thioether (sulfide) groups is 1. The van der Waals surface area contributed by atoms with Crippen LogP contribution >= 0.6 is 11.8 Å². The van der Waals surface area contributed by atoms with Gasteiger partial charge in [-0.3, -0.25) is 0 Å². The first-order valence-electron chi connectivity index (χ1n) is 11.8. The first-order chi connectivity index (χ1) is 17.7. The van der Waals surface area contributed by atoms with Crippen LogP contribution in [0, 0.1) is 17.0 Å². The van der Waals surface area contributed by atoms with Crippen LogP contribution in [0.15, 0.2) is 66.7 Å². The van der Waals surface area contributed by atoms with Gasteiger partial charge in [0.1, 0.15) is 12.4 Å². The number of aromatic nitrogens is 1. The summed E-state index contributed by atoms with van der Waals surface area (Å²) in [4.78, 5) is 16.1. The van der Waals surface area contributed by atoms with Crippen molar-refractivity contribution in [2.24, 2.45) is 5.41 Å². The molecule has 38 heavy (non-hydrogen) atoms. The number of nitrogens with zero attached hydrogens (tertiary/aromatic N) is 1. The molecule has 0 N–H and O–H groups in total. The Morgan fingerprint density at radius 3 is 2.61 bits per heavy atom. The van der Waals surface area contributed by atoms with Crippen molar-refractivity contribution in [1.82, 2.24) is 4.98 Å². The molecule has 1 aliphatic heterocycles. The van der Waals surface area contributed by atoms with E-state index in [1.54, 1.807) is 37.7 Å². The maximum atomic E-state index is 13.7. The van der Waals surface area contributed by atoms with Crippen molar-refractivity contribution in [1.29, 1.82) is 0 Å². The molecule has 1 aliphatic rings. The molecule has 188 valence electrons. The Kier molecular flexibility index (Phi) is 8.62. The van der Waals surface area contributed by atoms with E-state index in [1.165, 1.54) is 0 Å². The second-order valence-corrected chi connectivity index (χ2v) is 10.8. The van der Waals surface area contributed by atoms with Crippen LogP contribution in [0.3, 0.4) is 0 Å². The number of carboxylic acid groups (broad SMARTS) is 1. The molecular formula is C30H24F2NNaO3S. The zero-order valence-corrected chi connectivity index (χ0v) is 24.1. The molecule has 3 aromatic carbocycles. The van der Waals surface area contributed by atoms with Crippen molar-refractivity contribution in [2.45, 2.75) is 25.7 Å². The van der Waals surface area contributed by atoms with Crippen LogP contribution < -0.4 is 39.4 Å². The molecule has 0 saturated heterocycles. The standard InChI is InChI=1S/C30H25F2NO3S.Na/c1-30(2,29(34)35)17-37-28-22-6-4-3-5-20(22)16-36-27-12-8-18(13-23(27)28)7-10-21-11-9-19-14-24(31)25(32)15-26(19)33-21;/h3-15,28H,16-17H2,1-2H3,(H,34,35);/q;+1/p-1/b10-7+;. The Balaban J connectivity index is 0.00000336. The Morgan fingerprint density at radius 1 is 1.05 bits per heavy atom. The SMILES string of the molecule is CC(C)(CSC1c2ccccc2COc2ccc(/C=C/c3ccc4cc(F)c(F)cc4n3)cc21)C(=O)[O-].[Na+]. The predicted molar refractivity (Wildman–Crippen MR) is 141 cm³/mol. The molecule has 0 bridgehead atoms. The third-order valence-corrected chi connectivity index (χ3v) is 8.13. The monoisotopic (exact) mass is 539 g/mol. The Morgan fingerprint density at radius 2 is 1.82 bits per heavy atom. The molecule has 4 aromatic rings. The molecule has 0 amide bonds. The Bertz CT molecular complexity index is 1540. The normalized spacial score (nSPS) is 14.8. The van der Waals surface area contributed by atoms with E-state index in [-0.39, 0.29) is 34.8 Å². The maximum absolute atomic E-state index is 13.7. The van der Waals surface area contributed by atoms with E-state index in [2.05, 4.69) is 11.1 Å². The number of pyridine rings is 1. The van der Waals surface area contributed by atoms with E-state index >= 15 is 0 Å². The van der Waals surface area contributed by atoms with E-state index in [1.807, 2.05) is 48.6 Å². The van der Waals surface area contributed by atoms with Crippen molar-refractivity contribution < 1.29 is 53.0 Å². The summed E-state index contributed by atoms with van der Waals surface area (Å²) in [6.07, 6.45) is 3.72. The van der Waals surface area contributed by atoms with Crippen molar-refractivity contribution >= 4 is 40.8 Å². The van der Waals surface area contributed by atoms with E-state index in [0.29, 0.717) is 29.0 Å². The predicted octanol–water partition coefficient (Wildman–Crippen LogP) is 3.18. The van der Waals surface area contributed by atoms with Crippen LogP contribution in [0.25, 0.3) is 23.1 Å². The average molecular weight is 540 g/mol. The minimum Gasteiger partial charge on any atom is -0.550 e. The summed E-state index contributed by atoms with van der Waals surface area (Å²) < 4.78 is 33.3. The zero-order valence-electron chi connectivity index (χ0n) is 21.3. The first-order valence-corrected chi connectivity index (χ1v) is 12.9. The van der Waals surface area contributed by atoms with E-state index in [0.717, 1.165) is 40.1 Å². The Hall–Kier alpha value is -2.71. The summed E-state index contributed by atoms with van der Waals surface area (Å²) in [6.45, 7) is 3.77. The second kappa shape index (κ2) is 11.6. The third kappa shape index (κ3) is 5.96. The van der Waals surface area contributed by atoms with Crippen molar-refractivity contribution in [3.8, 4) is 5.75 Å². The molecule has 4 nitrogen and oxygen atoms in total. The molecule has 0 radical (unpaired) electrons. The molecule has 2 heterocycles. The van der Waals surface area contributed by atoms with Crippen molar-refractivity contribution in [3.05, 3.63) is 106 Å². The van der Waals surface area contributed by atoms with Gasteiger partial charge in [-0.1, -0.05) is 56.3 Å². The van der Waals surface area contributed by atoms with Gasteiger partial charge in [0.25, 0.3) is 0 Å². The number of aliphatic carboxylic acids is 1. The summed E-state index contributed by atoms with van der Waals surface area (Å²) in [5, 5.41) is 12.0. The quantitative estimate of drug-likeness (QED) is 0.353. The minimum atomic E-state index is -1.08. The van der Waals surface area contributed by atoms with Gasteiger partial charge in [0.05, 0.1) is 16.5 Å². The molecule has 1 atom stereocenters. The van der Waals surface area contributed by atoms with E-state index in [9.17, 15) is 18.7 Å². The van der Waals surface area contributed by atoms with Crippen LogP contribution in [0.1, 0.15) is 47.0 Å². The number of fused-ring (bicyclic) bond motifs is 3. The fraction of sp³-hybridized carbons (Fsp3) is 0.200. The van der Waals surface area contributed by atoms with Gasteiger partial charge in [0, 0.05) is 34.2 Å². The van der Waals surface area contributed by atoms with E-state index < -0.39 is 23.0 Å².